The minimum atomic E-state index is -0.269. The molecule has 0 aliphatic heterocycles. The Labute approximate surface area is 105 Å². The monoisotopic (exact) mass is 250 g/mol. The van der Waals surface area contributed by atoms with Crippen LogP contribution in [0.25, 0.3) is 5.65 Å². The van der Waals surface area contributed by atoms with Crippen LogP contribution in [0.4, 0.5) is 5.82 Å². The smallest absolute Gasteiger partial charge is 0.348 e. The summed E-state index contributed by atoms with van der Waals surface area (Å²) in [5.41, 5.74) is 5.76. The molecule has 18 heavy (non-hydrogen) atoms. The number of hydrogen-bond acceptors (Lipinski definition) is 5. The maximum Gasteiger partial charge on any atom is 0.348 e. The van der Waals surface area contributed by atoms with Crippen LogP contribution in [-0.2, 0) is 0 Å². The number of fused-ring (bicyclic) bond motifs is 1. The van der Waals surface area contributed by atoms with E-state index in [1.165, 1.54) is 10.7 Å². The number of hydrogen-bond donors (Lipinski definition) is 2. The highest BCUT2D eigenvalue weighted by Crippen LogP contribution is 2.10. The molecule has 0 atom stereocenters. The van der Waals surface area contributed by atoms with Gasteiger partial charge in [-0.05, 0) is 19.4 Å². The molecule has 98 valence electrons. The summed E-state index contributed by atoms with van der Waals surface area (Å²) in [6, 6.07) is 1.79. The van der Waals surface area contributed by atoms with E-state index in [4.69, 9.17) is 5.73 Å². The summed E-state index contributed by atoms with van der Waals surface area (Å²) in [6.07, 6.45) is 4.74. The molecule has 2 rings (SSSR count). The third-order valence-corrected chi connectivity index (χ3v) is 2.88. The van der Waals surface area contributed by atoms with Crippen molar-refractivity contribution in [3.05, 3.63) is 22.9 Å². The SMILES string of the molecule is CN(CCCCCN)c1cc2n[nH]c(=O)n2cn1. The number of H-pyrrole nitrogens is 1. The average Bonchev–Trinajstić information content (AvgIpc) is 2.76. The van der Waals surface area contributed by atoms with E-state index in [2.05, 4.69) is 20.1 Å². The Balaban J connectivity index is 2.03. The maximum atomic E-state index is 11.3. The fourth-order valence-electron chi connectivity index (χ4n) is 1.79. The third-order valence-electron chi connectivity index (χ3n) is 2.88. The highest BCUT2D eigenvalue weighted by Gasteiger charge is 2.06. The van der Waals surface area contributed by atoms with Gasteiger partial charge in [-0.15, -0.1) is 0 Å². The molecule has 0 unspecified atom stereocenters. The lowest BCUT2D eigenvalue weighted by Crippen LogP contribution is -2.20. The van der Waals surface area contributed by atoms with E-state index in [1.54, 1.807) is 6.07 Å². The predicted octanol–water partition coefficient (Wildman–Crippen LogP) is -0.0172. The molecule has 2 heterocycles. The second-order valence-electron chi connectivity index (χ2n) is 4.27. The van der Waals surface area contributed by atoms with Crippen LogP contribution in [0.2, 0.25) is 0 Å². The highest BCUT2D eigenvalue weighted by atomic mass is 16.1. The standard InChI is InChI=1S/C11H18N6O/c1-16(6-4-2-3-5-12)9-7-10-14-15-11(18)17(10)8-13-9/h7-8H,2-6,12H2,1H3,(H,15,18). The van der Waals surface area contributed by atoms with Gasteiger partial charge >= 0.3 is 5.69 Å². The van der Waals surface area contributed by atoms with Crippen molar-refractivity contribution in [2.24, 2.45) is 5.73 Å². The molecule has 0 aromatic carbocycles. The van der Waals surface area contributed by atoms with E-state index in [1.807, 2.05) is 7.05 Å². The summed E-state index contributed by atoms with van der Waals surface area (Å²) in [7, 11) is 1.98. The van der Waals surface area contributed by atoms with Gasteiger partial charge in [-0.1, -0.05) is 6.42 Å². The predicted molar refractivity (Wildman–Crippen MR) is 69.8 cm³/mol. The summed E-state index contributed by atoms with van der Waals surface area (Å²) in [6.45, 7) is 1.65. The highest BCUT2D eigenvalue weighted by molar-refractivity contribution is 5.49. The van der Waals surface area contributed by atoms with Gasteiger partial charge in [-0.25, -0.2) is 19.3 Å². The molecular formula is C11H18N6O. The first-order chi connectivity index (χ1) is 8.72. The second kappa shape index (κ2) is 5.63. The Hall–Kier alpha value is -1.89. The summed E-state index contributed by atoms with van der Waals surface area (Å²) < 4.78 is 1.38. The average molecular weight is 250 g/mol. The summed E-state index contributed by atoms with van der Waals surface area (Å²) in [5, 5.41) is 6.30. The van der Waals surface area contributed by atoms with Crippen molar-refractivity contribution in [3.8, 4) is 0 Å². The zero-order valence-corrected chi connectivity index (χ0v) is 10.5. The fraction of sp³-hybridized carbons (Fsp3) is 0.545. The van der Waals surface area contributed by atoms with Gasteiger partial charge in [-0.2, -0.15) is 5.10 Å². The molecule has 0 bridgehead atoms. The van der Waals surface area contributed by atoms with Crippen molar-refractivity contribution in [2.45, 2.75) is 19.3 Å². The maximum absolute atomic E-state index is 11.3. The van der Waals surface area contributed by atoms with Crippen LogP contribution in [0.5, 0.6) is 0 Å². The van der Waals surface area contributed by atoms with Gasteiger partial charge in [0.15, 0.2) is 5.65 Å². The van der Waals surface area contributed by atoms with Crippen LogP contribution in [0.15, 0.2) is 17.2 Å². The van der Waals surface area contributed by atoms with Gasteiger partial charge in [0.2, 0.25) is 0 Å². The topological polar surface area (TPSA) is 92.3 Å². The Morgan fingerprint density at radius 2 is 2.28 bits per heavy atom. The Morgan fingerprint density at radius 3 is 3.06 bits per heavy atom. The van der Waals surface area contributed by atoms with E-state index in [9.17, 15) is 4.79 Å². The number of nitrogens with zero attached hydrogens (tertiary/aromatic N) is 4. The minimum Gasteiger partial charge on any atom is -0.360 e. The molecule has 0 spiro atoms. The van der Waals surface area contributed by atoms with E-state index in [0.29, 0.717) is 5.65 Å². The number of aromatic nitrogens is 4. The Kier molecular flexibility index (Phi) is 3.93. The van der Waals surface area contributed by atoms with Gasteiger partial charge in [0, 0.05) is 19.7 Å². The number of rotatable bonds is 6. The van der Waals surface area contributed by atoms with Crippen LogP contribution in [-0.4, -0.2) is 39.7 Å². The van der Waals surface area contributed by atoms with Crippen molar-refractivity contribution in [1.29, 1.82) is 0 Å². The molecule has 2 aromatic rings. The van der Waals surface area contributed by atoms with Crippen LogP contribution >= 0.6 is 0 Å². The molecule has 7 heteroatoms. The lowest BCUT2D eigenvalue weighted by Gasteiger charge is -2.17. The van der Waals surface area contributed by atoms with Crippen molar-refractivity contribution >= 4 is 11.5 Å². The first kappa shape index (κ1) is 12.6. The number of aromatic amines is 1. The molecule has 0 saturated heterocycles. The molecule has 0 saturated carbocycles. The van der Waals surface area contributed by atoms with Crippen molar-refractivity contribution in [3.63, 3.8) is 0 Å². The van der Waals surface area contributed by atoms with Crippen molar-refractivity contribution < 1.29 is 0 Å². The van der Waals surface area contributed by atoms with Gasteiger partial charge in [0.1, 0.15) is 12.1 Å². The zero-order chi connectivity index (χ0) is 13.0. The normalized spacial score (nSPS) is 11.0. The van der Waals surface area contributed by atoms with Crippen molar-refractivity contribution in [1.82, 2.24) is 19.6 Å². The van der Waals surface area contributed by atoms with Gasteiger partial charge < -0.3 is 10.6 Å². The Bertz CT molecular complexity index is 560. The first-order valence-electron chi connectivity index (χ1n) is 6.06. The van der Waals surface area contributed by atoms with Gasteiger partial charge in [-0.3, -0.25) is 0 Å². The van der Waals surface area contributed by atoms with E-state index in [-0.39, 0.29) is 5.69 Å². The van der Waals surface area contributed by atoms with Crippen LogP contribution < -0.4 is 16.3 Å². The number of unbranched alkanes of at least 4 members (excludes halogenated alkanes) is 2. The van der Waals surface area contributed by atoms with Gasteiger partial charge in [0.05, 0.1) is 0 Å². The molecule has 0 fully saturated rings. The summed E-state index contributed by atoms with van der Waals surface area (Å²) in [5.74, 6) is 0.814. The first-order valence-corrected chi connectivity index (χ1v) is 6.06. The molecule has 7 nitrogen and oxygen atoms in total. The summed E-state index contributed by atoms with van der Waals surface area (Å²) in [4.78, 5) is 17.6. The van der Waals surface area contributed by atoms with E-state index >= 15 is 0 Å². The molecule has 3 N–H and O–H groups in total. The van der Waals surface area contributed by atoms with Crippen molar-refractivity contribution in [2.75, 3.05) is 25.0 Å². The van der Waals surface area contributed by atoms with Crippen LogP contribution in [0, 0.1) is 0 Å². The van der Waals surface area contributed by atoms with Crippen LogP contribution in [0.3, 0.4) is 0 Å². The molecule has 0 aliphatic carbocycles. The lowest BCUT2D eigenvalue weighted by atomic mass is 10.2. The lowest BCUT2D eigenvalue weighted by molar-refractivity contribution is 0.676. The second-order valence-corrected chi connectivity index (χ2v) is 4.27. The van der Waals surface area contributed by atoms with Gasteiger partial charge in [0.25, 0.3) is 0 Å². The molecule has 0 radical (unpaired) electrons. The molecule has 0 amide bonds. The number of nitrogens with one attached hydrogen (secondary N) is 1. The van der Waals surface area contributed by atoms with E-state index < -0.39 is 0 Å². The molecule has 2 aromatic heterocycles. The zero-order valence-electron chi connectivity index (χ0n) is 10.5. The summed E-state index contributed by atoms with van der Waals surface area (Å²) >= 11 is 0. The fourth-order valence-corrected chi connectivity index (χ4v) is 1.79. The minimum absolute atomic E-state index is 0.269. The third kappa shape index (κ3) is 2.67. The number of anilines is 1. The quantitative estimate of drug-likeness (QED) is 0.703. The Morgan fingerprint density at radius 1 is 1.44 bits per heavy atom. The largest absolute Gasteiger partial charge is 0.360 e. The molecular weight excluding hydrogens is 232 g/mol. The van der Waals surface area contributed by atoms with E-state index in [0.717, 1.165) is 38.2 Å². The van der Waals surface area contributed by atoms with Crippen LogP contribution in [0.1, 0.15) is 19.3 Å². The number of nitrogens with two attached hydrogens (primary N) is 1. The molecule has 0 aliphatic rings.